The predicted octanol–water partition coefficient (Wildman–Crippen LogP) is 2.68. The number of fused-ring (bicyclic) bond motifs is 1. The molecule has 0 saturated carbocycles. The molecule has 0 spiro atoms. The molecule has 7 nitrogen and oxygen atoms in total. The molecule has 1 heterocycles. The Hall–Kier alpha value is -3.35. The van der Waals surface area contributed by atoms with Crippen LogP contribution in [0.15, 0.2) is 48.5 Å². The van der Waals surface area contributed by atoms with E-state index in [-0.39, 0.29) is 35.4 Å². The summed E-state index contributed by atoms with van der Waals surface area (Å²) in [6.07, 6.45) is -0.300. The summed E-state index contributed by atoms with van der Waals surface area (Å²) >= 11 is 0. The molecule has 0 aliphatic carbocycles. The lowest BCUT2D eigenvalue weighted by molar-refractivity contribution is -0.452. The summed E-state index contributed by atoms with van der Waals surface area (Å²) in [5.41, 5.74) is 1.09. The molecule has 0 aliphatic heterocycles. The second kappa shape index (κ2) is 7.26. The molecule has 26 heavy (non-hydrogen) atoms. The summed E-state index contributed by atoms with van der Waals surface area (Å²) in [6.45, 7) is 1.88. The van der Waals surface area contributed by atoms with Crippen LogP contribution >= 0.6 is 0 Å². The number of rotatable bonds is 5. The van der Waals surface area contributed by atoms with E-state index >= 15 is 0 Å². The molecular weight excluding hydrogens is 336 g/mol. The van der Waals surface area contributed by atoms with Gasteiger partial charge in [-0.15, -0.1) is 0 Å². The molecule has 0 unspecified atom stereocenters. The molecule has 7 heteroatoms. The van der Waals surface area contributed by atoms with Crippen LogP contribution in [0.25, 0.3) is 22.3 Å². The van der Waals surface area contributed by atoms with Gasteiger partial charge < -0.3 is 19.4 Å². The lowest BCUT2D eigenvalue weighted by atomic mass is 10.1. The van der Waals surface area contributed by atoms with Crippen molar-refractivity contribution in [3.05, 3.63) is 64.3 Å². The van der Waals surface area contributed by atoms with Crippen LogP contribution < -0.4 is 9.16 Å². The van der Waals surface area contributed by atoms with Crippen molar-refractivity contribution in [3.8, 4) is 17.0 Å². The highest BCUT2D eigenvalue weighted by Gasteiger charge is 2.26. The first-order valence-electron chi connectivity index (χ1n) is 8.13. The van der Waals surface area contributed by atoms with Crippen LogP contribution in [0.4, 0.5) is 0 Å². The van der Waals surface area contributed by atoms with Gasteiger partial charge in [0.1, 0.15) is 17.0 Å². The number of carbonyl (C=O) groups excluding carboxylic acids is 1. The van der Waals surface area contributed by atoms with Gasteiger partial charge in [-0.1, -0.05) is 12.1 Å². The molecule has 134 valence electrons. The summed E-state index contributed by atoms with van der Waals surface area (Å²) in [5.74, 6) is 0.0519. The first-order valence-corrected chi connectivity index (χ1v) is 8.13. The fourth-order valence-electron chi connectivity index (χ4n) is 2.82. The van der Waals surface area contributed by atoms with E-state index in [0.717, 1.165) is 0 Å². The third-order valence-electron chi connectivity index (χ3n) is 4.02. The number of methoxy groups -OCH3 is 1. The quantitative estimate of drug-likeness (QED) is 0.519. The number of ether oxygens (including phenoxy) is 2. The van der Waals surface area contributed by atoms with E-state index in [9.17, 15) is 14.9 Å². The lowest BCUT2D eigenvalue weighted by Crippen LogP contribution is -2.26. The average molecular weight is 354 g/mol. The predicted molar refractivity (Wildman–Crippen MR) is 96.4 cm³/mol. The van der Waals surface area contributed by atoms with Gasteiger partial charge >= 0.3 is 5.97 Å². The fraction of sp³-hybridized carbons (Fsp3) is 0.211. The lowest BCUT2D eigenvalue weighted by Gasteiger charge is -2.18. The number of nitrogens with zero attached hydrogens (tertiary/aromatic N) is 2. The Morgan fingerprint density at radius 3 is 2.50 bits per heavy atom. The van der Waals surface area contributed by atoms with Gasteiger partial charge in [0.05, 0.1) is 30.1 Å². The van der Waals surface area contributed by atoms with Gasteiger partial charge in [-0.05, 0) is 37.3 Å². The van der Waals surface area contributed by atoms with Crippen LogP contribution in [0.5, 0.6) is 5.75 Å². The second-order valence-corrected chi connectivity index (χ2v) is 5.58. The molecule has 0 N–H and O–H groups in total. The Labute approximate surface area is 149 Å². The maximum absolute atomic E-state index is 13.0. The smallest absolute Gasteiger partial charge is 0.312 e. The molecule has 0 bridgehead atoms. The highest BCUT2D eigenvalue weighted by Crippen LogP contribution is 2.25. The Morgan fingerprint density at radius 1 is 1.15 bits per heavy atom. The molecule has 1 aromatic heterocycles. The first kappa shape index (κ1) is 17.5. The summed E-state index contributed by atoms with van der Waals surface area (Å²) in [6, 6.07) is 13.2. The molecule has 0 atom stereocenters. The van der Waals surface area contributed by atoms with E-state index in [1.54, 1.807) is 55.5 Å². The molecule has 0 aliphatic rings. The van der Waals surface area contributed by atoms with Crippen molar-refractivity contribution in [1.29, 1.82) is 0 Å². The van der Waals surface area contributed by atoms with E-state index < -0.39 is 5.97 Å². The third-order valence-corrected chi connectivity index (χ3v) is 4.02. The normalized spacial score (nSPS) is 10.7. The molecule has 3 rings (SSSR count). The van der Waals surface area contributed by atoms with Crippen LogP contribution in [0.2, 0.25) is 0 Å². The number of hydrogen-bond donors (Lipinski definition) is 0. The highest BCUT2D eigenvalue weighted by atomic mass is 16.5. The Kier molecular flexibility index (Phi) is 4.88. The molecule has 0 saturated heterocycles. The monoisotopic (exact) mass is 354 g/mol. The van der Waals surface area contributed by atoms with Gasteiger partial charge in [0, 0.05) is 11.0 Å². The zero-order valence-electron chi connectivity index (χ0n) is 14.5. The molecule has 0 fully saturated rings. The number of para-hydroxylation sites is 2. The molecule has 3 aromatic rings. The van der Waals surface area contributed by atoms with Crippen LogP contribution in [0.1, 0.15) is 12.6 Å². The maximum atomic E-state index is 13.0. The Bertz CT molecular complexity index is 1010. The van der Waals surface area contributed by atoms with Crippen LogP contribution in [0.3, 0.4) is 0 Å². The number of carbonyl (C=O) groups is 1. The van der Waals surface area contributed by atoms with E-state index in [1.165, 1.54) is 7.11 Å². The van der Waals surface area contributed by atoms with Crippen molar-refractivity contribution in [3.63, 3.8) is 0 Å². The standard InChI is InChI=1S/C19H18N2O5/c1-3-26-18(22)12-17-19(13-8-10-14(25-2)11-9-13)21(24)16-7-5-4-6-15(16)20(17)23/h4-11H,3,12H2,1-2H3. The second-order valence-electron chi connectivity index (χ2n) is 5.58. The highest BCUT2D eigenvalue weighted by molar-refractivity contribution is 5.79. The van der Waals surface area contributed by atoms with E-state index in [0.29, 0.717) is 20.5 Å². The number of hydrogen-bond acceptors (Lipinski definition) is 5. The minimum Gasteiger partial charge on any atom is -0.805 e. The average Bonchev–Trinajstić information content (AvgIpc) is 2.66. The SMILES string of the molecule is CCOC(=O)Cc1c(-c2ccc(OC)cc2)[n+](=O)c2ccccc2n1[O-]. The summed E-state index contributed by atoms with van der Waals surface area (Å²) in [7, 11) is 1.54. The van der Waals surface area contributed by atoms with Gasteiger partial charge in [0.15, 0.2) is 0 Å². The van der Waals surface area contributed by atoms with Crippen molar-refractivity contribution in [2.24, 2.45) is 0 Å². The zero-order chi connectivity index (χ0) is 18.7. The summed E-state index contributed by atoms with van der Waals surface area (Å²) < 4.78 is 11.4. The maximum Gasteiger partial charge on any atom is 0.312 e. The minimum absolute atomic E-state index is 0.0438. The third kappa shape index (κ3) is 3.11. The van der Waals surface area contributed by atoms with Gasteiger partial charge in [0.2, 0.25) is 0 Å². The molecule has 2 aromatic carbocycles. The molecule has 0 amide bonds. The largest absolute Gasteiger partial charge is 0.805 e. The van der Waals surface area contributed by atoms with Gasteiger partial charge in [-0.25, -0.2) is 0 Å². The van der Waals surface area contributed by atoms with Crippen LogP contribution in [-0.4, -0.2) is 24.4 Å². The molecule has 0 radical (unpaired) electrons. The topological polar surface area (TPSA) is 86.5 Å². The van der Waals surface area contributed by atoms with Crippen LogP contribution in [0, 0.1) is 10.1 Å². The number of aromatic nitrogens is 2. The number of esters is 1. The van der Waals surface area contributed by atoms with Crippen molar-refractivity contribution in [2.75, 3.05) is 13.7 Å². The van der Waals surface area contributed by atoms with Crippen molar-refractivity contribution < 1.29 is 18.7 Å². The van der Waals surface area contributed by atoms with Gasteiger partial charge in [0.25, 0.3) is 11.2 Å². The van der Waals surface area contributed by atoms with Crippen molar-refractivity contribution in [1.82, 2.24) is 4.73 Å². The van der Waals surface area contributed by atoms with Gasteiger partial charge in [-0.2, -0.15) is 0 Å². The van der Waals surface area contributed by atoms with Crippen LogP contribution in [-0.2, 0) is 16.0 Å². The van der Waals surface area contributed by atoms with E-state index in [1.807, 2.05) is 0 Å². The molecular formula is C19H18N2O5. The summed E-state index contributed by atoms with van der Waals surface area (Å²) in [4.78, 5) is 25.0. The summed E-state index contributed by atoms with van der Waals surface area (Å²) in [5, 5.41) is 12.9. The van der Waals surface area contributed by atoms with Gasteiger partial charge in [-0.3, -0.25) is 4.79 Å². The van der Waals surface area contributed by atoms with Crippen molar-refractivity contribution >= 4 is 17.0 Å². The minimum atomic E-state index is -0.567. The fourth-order valence-corrected chi connectivity index (χ4v) is 2.82. The Balaban J connectivity index is 2.28. The van der Waals surface area contributed by atoms with E-state index in [4.69, 9.17) is 9.47 Å². The van der Waals surface area contributed by atoms with E-state index in [2.05, 4.69) is 0 Å². The number of benzene rings is 2. The Morgan fingerprint density at radius 2 is 1.85 bits per heavy atom. The zero-order valence-corrected chi connectivity index (χ0v) is 14.5. The van der Waals surface area contributed by atoms with Crippen molar-refractivity contribution in [2.45, 2.75) is 13.3 Å². The first-order chi connectivity index (χ1) is 12.6.